The molecule has 0 aromatic heterocycles. The molecule has 0 radical (unpaired) electrons. The van der Waals surface area contributed by atoms with Crippen LogP contribution in [0, 0.1) is 6.92 Å². The van der Waals surface area contributed by atoms with Crippen molar-refractivity contribution in [1.29, 1.82) is 0 Å². The van der Waals surface area contributed by atoms with E-state index in [1.165, 1.54) is 16.1 Å². The van der Waals surface area contributed by atoms with Crippen molar-refractivity contribution in [2.75, 3.05) is 49.9 Å². The largest absolute Gasteiger partial charge is 0.369 e. The van der Waals surface area contributed by atoms with Crippen molar-refractivity contribution >= 4 is 23.4 Å². The summed E-state index contributed by atoms with van der Waals surface area (Å²) < 4.78 is 0. The minimum atomic E-state index is 0.127. The molecule has 1 fully saturated rings. The molecule has 2 aromatic rings. The van der Waals surface area contributed by atoms with E-state index in [2.05, 4.69) is 70.6 Å². The summed E-state index contributed by atoms with van der Waals surface area (Å²) in [6.07, 6.45) is 0. The normalized spacial score (nSPS) is 15.0. The average molecular weight is 370 g/mol. The molecular formula is C21H27N3OS. The lowest BCUT2D eigenvalue weighted by molar-refractivity contribution is -0.122. The number of carbonyl (C=O) groups excluding carboxylic acids is 1. The molecule has 0 unspecified atom stereocenters. The van der Waals surface area contributed by atoms with Crippen LogP contribution in [0.5, 0.6) is 0 Å². The zero-order valence-corrected chi connectivity index (χ0v) is 16.2. The summed E-state index contributed by atoms with van der Waals surface area (Å²) in [6, 6.07) is 19.0. The van der Waals surface area contributed by atoms with Gasteiger partial charge in [-0.1, -0.05) is 35.9 Å². The second-order valence-electron chi connectivity index (χ2n) is 6.61. The highest BCUT2D eigenvalue weighted by Crippen LogP contribution is 2.17. The Morgan fingerprint density at radius 2 is 1.69 bits per heavy atom. The topological polar surface area (TPSA) is 35.6 Å². The number of amides is 1. The van der Waals surface area contributed by atoms with E-state index >= 15 is 0 Å². The van der Waals surface area contributed by atoms with Gasteiger partial charge < -0.3 is 10.2 Å². The fourth-order valence-corrected chi connectivity index (χ4v) is 3.82. The Balaban J connectivity index is 1.31. The summed E-state index contributed by atoms with van der Waals surface area (Å²) in [7, 11) is 0. The standard InChI is InChI=1S/C21H27N3OS/c1-18-7-9-20(10-8-18)26-16-11-22-21(25)17-23-12-14-24(15-13-23)19-5-3-2-4-6-19/h2-10H,11-17H2,1H3,(H,22,25). The summed E-state index contributed by atoms with van der Waals surface area (Å²) in [4.78, 5) is 18.0. The van der Waals surface area contributed by atoms with Gasteiger partial charge in [-0.2, -0.15) is 0 Å². The number of anilines is 1. The Hall–Kier alpha value is -1.98. The Morgan fingerprint density at radius 1 is 1.00 bits per heavy atom. The van der Waals surface area contributed by atoms with E-state index in [1.54, 1.807) is 11.8 Å². The van der Waals surface area contributed by atoms with Crippen LogP contribution in [0.4, 0.5) is 5.69 Å². The minimum Gasteiger partial charge on any atom is -0.369 e. The third-order valence-electron chi connectivity index (χ3n) is 4.57. The van der Waals surface area contributed by atoms with E-state index < -0.39 is 0 Å². The van der Waals surface area contributed by atoms with Gasteiger partial charge >= 0.3 is 0 Å². The maximum atomic E-state index is 12.1. The monoisotopic (exact) mass is 369 g/mol. The zero-order valence-electron chi connectivity index (χ0n) is 15.4. The summed E-state index contributed by atoms with van der Waals surface area (Å²) in [5.41, 5.74) is 2.54. The van der Waals surface area contributed by atoms with Crippen LogP contribution < -0.4 is 10.2 Å². The number of carbonyl (C=O) groups is 1. The van der Waals surface area contributed by atoms with E-state index in [9.17, 15) is 4.79 Å². The number of thioether (sulfide) groups is 1. The third kappa shape index (κ3) is 5.78. The van der Waals surface area contributed by atoms with Gasteiger partial charge in [0.25, 0.3) is 0 Å². The number of para-hydroxylation sites is 1. The molecule has 5 heteroatoms. The lowest BCUT2D eigenvalue weighted by Gasteiger charge is -2.35. The predicted octanol–water partition coefficient (Wildman–Crippen LogP) is 3.03. The van der Waals surface area contributed by atoms with Crippen molar-refractivity contribution in [3.8, 4) is 0 Å². The van der Waals surface area contributed by atoms with Gasteiger partial charge in [0.05, 0.1) is 6.54 Å². The molecule has 1 aliphatic heterocycles. The summed E-state index contributed by atoms with van der Waals surface area (Å²) >= 11 is 1.78. The molecule has 2 aromatic carbocycles. The van der Waals surface area contributed by atoms with Crippen molar-refractivity contribution < 1.29 is 4.79 Å². The molecule has 0 saturated carbocycles. The first kappa shape index (κ1) is 18.8. The third-order valence-corrected chi connectivity index (χ3v) is 5.59. The van der Waals surface area contributed by atoms with Gasteiger partial charge in [-0.3, -0.25) is 9.69 Å². The molecular weight excluding hydrogens is 342 g/mol. The van der Waals surface area contributed by atoms with E-state index in [0.717, 1.165) is 31.9 Å². The Morgan fingerprint density at radius 3 is 2.38 bits per heavy atom. The van der Waals surface area contributed by atoms with Gasteiger partial charge in [0, 0.05) is 49.1 Å². The highest BCUT2D eigenvalue weighted by molar-refractivity contribution is 7.99. The van der Waals surface area contributed by atoms with E-state index in [-0.39, 0.29) is 5.91 Å². The lowest BCUT2D eigenvalue weighted by Crippen LogP contribution is -2.49. The van der Waals surface area contributed by atoms with Gasteiger partial charge in [-0.05, 0) is 31.2 Å². The number of nitrogens with zero attached hydrogens (tertiary/aromatic N) is 2. The maximum Gasteiger partial charge on any atom is 0.234 e. The summed E-state index contributed by atoms with van der Waals surface area (Å²) in [5, 5.41) is 3.04. The fraction of sp³-hybridized carbons (Fsp3) is 0.381. The Bertz CT molecular complexity index is 682. The zero-order chi connectivity index (χ0) is 18.2. The minimum absolute atomic E-state index is 0.127. The Kier molecular flexibility index (Phi) is 6.97. The molecule has 1 N–H and O–H groups in total. The van der Waals surface area contributed by atoms with Gasteiger partial charge in [0.15, 0.2) is 0 Å². The summed E-state index contributed by atoms with van der Waals surface area (Å²) in [5.74, 6) is 1.03. The van der Waals surface area contributed by atoms with Gasteiger partial charge in [-0.15, -0.1) is 11.8 Å². The first-order chi connectivity index (χ1) is 12.7. The van der Waals surface area contributed by atoms with Crippen LogP contribution >= 0.6 is 11.8 Å². The van der Waals surface area contributed by atoms with Crippen LogP contribution in [0.2, 0.25) is 0 Å². The van der Waals surface area contributed by atoms with Crippen molar-refractivity contribution in [1.82, 2.24) is 10.2 Å². The van der Waals surface area contributed by atoms with Crippen LogP contribution in [-0.2, 0) is 4.79 Å². The SMILES string of the molecule is Cc1ccc(SCCNC(=O)CN2CCN(c3ccccc3)CC2)cc1. The molecule has 1 heterocycles. The molecule has 0 aliphatic carbocycles. The molecule has 26 heavy (non-hydrogen) atoms. The maximum absolute atomic E-state index is 12.1. The molecule has 1 aliphatic rings. The number of hydrogen-bond acceptors (Lipinski definition) is 4. The highest BCUT2D eigenvalue weighted by Gasteiger charge is 2.18. The van der Waals surface area contributed by atoms with E-state index in [0.29, 0.717) is 13.1 Å². The molecule has 0 spiro atoms. The number of aryl methyl sites for hydroxylation is 1. The Labute approximate surface area is 160 Å². The van der Waals surface area contributed by atoms with Crippen LogP contribution in [0.1, 0.15) is 5.56 Å². The first-order valence-corrected chi connectivity index (χ1v) is 10.2. The molecule has 1 saturated heterocycles. The van der Waals surface area contributed by atoms with Gasteiger partial charge in [-0.25, -0.2) is 0 Å². The second-order valence-corrected chi connectivity index (χ2v) is 7.78. The van der Waals surface area contributed by atoms with Crippen LogP contribution in [0.3, 0.4) is 0 Å². The van der Waals surface area contributed by atoms with Crippen molar-refractivity contribution in [3.05, 3.63) is 60.2 Å². The van der Waals surface area contributed by atoms with Crippen molar-refractivity contribution in [2.24, 2.45) is 0 Å². The van der Waals surface area contributed by atoms with Crippen LogP contribution in [-0.4, -0.2) is 55.8 Å². The fourth-order valence-electron chi connectivity index (χ4n) is 3.06. The predicted molar refractivity (Wildman–Crippen MR) is 110 cm³/mol. The molecule has 1 amide bonds. The molecule has 0 bridgehead atoms. The van der Waals surface area contributed by atoms with Gasteiger partial charge in [0.1, 0.15) is 0 Å². The quantitative estimate of drug-likeness (QED) is 0.601. The van der Waals surface area contributed by atoms with Crippen LogP contribution in [0.15, 0.2) is 59.5 Å². The smallest absolute Gasteiger partial charge is 0.234 e. The average Bonchev–Trinajstić information content (AvgIpc) is 2.68. The van der Waals surface area contributed by atoms with E-state index in [4.69, 9.17) is 0 Å². The number of piperazine rings is 1. The van der Waals surface area contributed by atoms with Crippen molar-refractivity contribution in [2.45, 2.75) is 11.8 Å². The number of hydrogen-bond donors (Lipinski definition) is 1. The number of nitrogens with one attached hydrogen (secondary N) is 1. The molecule has 4 nitrogen and oxygen atoms in total. The molecule has 0 atom stereocenters. The molecule has 138 valence electrons. The van der Waals surface area contributed by atoms with Crippen LogP contribution in [0.25, 0.3) is 0 Å². The van der Waals surface area contributed by atoms with E-state index in [1.807, 2.05) is 6.07 Å². The summed E-state index contributed by atoms with van der Waals surface area (Å²) in [6.45, 7) is 7.11. The number of benzene rings is 2. The lowest BCUT2D eigenvalue weighted by atomic mass is 10.2. The van der Waals surface area contributed by atoms with Gasteiger partial charge in [0.2, 0.25) is 5.91 Å². The number of rotatable bonds is 7. The first-order valence-electron chi connectivity index (χ1n) is 9.19. The second kappa shape index (κ2) is 9.64. The van der Waals surface area contributed by atoms with Crippen molar-refractivity contribution in [3.63, 3.8) is 0 Å². The molecule has 3 rings (SSSR count). The highest BCUT2D eigenvalue weighted by atomic mass is 32.2.